The number of rotatable bonds is 8. The minimum atomic E-state index is -6.74. The molecule has 0 radical (unpaired) electrons. The highest BCUT2D eigenvalue weighted by Crippen LogP contribution is 2.42. The highest BCUT2D eigenvalue weighted by Gasteiger charge is 2.70. The third kappa shape index (κ3) is 4.04. The van der Waals surface area contributed by atoms with Gasteiger partial charge < -0.3 is 4.74 Å². The average Bonchev–Trinajstić information content (AvgIpc) is 2.23. The first-order valence-electron chi connectivity index (χ1n) is 4.36. The molecule has 0 aromatic carbocycles. The van der Waals surface area contributed by atoms with Crippen molar-refractivity contribution in [3.8, 4) is 0 Å². The van der Waals surface area contributed by atoms with Gasteiger partial charge in [-0.05, 0) is 0 Å². The fraction of sp³-hybridized carbons (Fsp3) is 0.714. The second-order valence-electron chi connectivity index (χ2n) is 3.10. The van der Waals surface area contributed by atoms with Crippen LogP contribution >= 0.6 is 0 Å². The summed E-state index contributed by atoms with van der Waals surface area (Å²) in [5.41, 5.74) is 0. The van der Waals surface area contributed by atoms with Crippen molar-refractivity contribution in [1.29, 1.82) is 0 Å². The van der Waals surface area contributed by atoms with Crippen molar-refractivity contribution in [2.45, 2.75) is 23.8 Å². The lowest BCUT2D eigenvalue weighted by atomic mass is 10.5. The molecule has 0 saturated carbocycles. The summed E-state index contributed by atoms with van der Waals surface area (Å²) in [5.74, 6) is 0. The molecule has 120 valence electrons. The van der Waals surface area contributed by atoms with E-state index in [0.717, 1.165) is 0 Å². The number of hydrogen-bond donors (Lipinski definition) is 1. The van der Waals surface area contributed by atoms with Crippen molar-refractivity contribution in [2.75, 3.05) is 6.61 Å². The van der Waals surface area contributed by atoms with Crippen LogP contribution in [0.1, 0.15) is 0 Å². The van der Waals surface area contributed by atoms with Crippen LogP contribution in [0.3, 0.4) is 0 Å². The van der Waals surface area contributed by atoms with E-state index in [1.165, 1.54) is 0 Å². The lowest BCUT2D eigenvalue weighted by molar-refractivity contribution is -0.413. The molecule has 20 heavy (non-hydrogen) atoms. The third-order valence-electron chi connectivity index (χ3n) is 1.57. The van der Waals surface area contributed by atoms with Gasteiger partial charge in [0.25, 0.3) is 6.36 Å². The van der Waals surface area contributed by atoms with Gasteiger partial charge in [-0.25, -0.2) is 4.39 Å². The van der Waals surface area contributed by atoms with Crippen LogP contribution < -0.4 is 0 Å². The summed E-state index contributed by atoms with van der Waals surface area (Å²) < 4.78 is 122. The van der Waals surface area contributed by atoms with E-state index in [1.807, 2.05) is 0 Å². The Balaban J connectivity index is 5.15. The summed E-state index contributed by atoms with van der Waals surface area (Å²) in [6, 6.07) is 0. The number of hydrogen-bond acceptors (Lipinski definition) is 4. The molecule has 0 heterocycles. The van der Waals surface area contributed by atoms with Gasteiger partial charge in [0, 0.05) is 0 Å². The van der Waals surface area contributed by atoms with E-state index in [0.29, 0.717) is 6.08 Å². The predicted octanol–water partition coefficient (Wildman–Crippen LogP) is 2.17. The van der Waals surface area contributed by atoms with E-state index in [-0.39, 0.29) is 0 Å². The Morgan fingerprint density at radius 3 is 2.00 bits per heavy atom. The quantitative estimate of drug-likeness (QED) is 0.418. The van der Waals surface area contributed by atoms with Gasteiger partial charge in [0.2, 0.25) is 0 Å². The Morgan fingerprint density at radius 1 is 1.20 bits per heavy atom. The molecule has 0 rings (SSSR count). The highest BCUT2D eigenvalue weighted by atomic mass is 32.2. The fourth-order valence-electron chi connectivity index (χ4n) is 0.653. The smallest absolute Gasteiger partial charge is 0.312 e. The van der Waals surface area contributed by atoms with Crippen molar-refractivity contribution in [3.63, 3.8) is 0 Å². The summed E-state index contributed by atoms with van der Waals surface area (Å²) in [4.78, 5) is 0. The minimum absolute atomic E-state index is 0.658. The normalized spacial score (nSPS) is 16.0. The Labute approximate surface area is 107 Å². The molecule has 5 nitrogen and oxygen atoms in total. The molecule has 0 aliphatic carbocycles. The molecule has 0 bridgehead atoms. The molecule has 0 saturated heterocycles. The maximum Gasteiger partial charge on any atom is 0.460 e. The predicted molar refractivity (Wildman–Crippen MR) is 48.5 cm³/mol. The lowest BCUT2D eigenvalue weighted by Gasteiger charge is -2.27. The van der Waals surface area contributed by atoms with E-state index >= 15 is 0 Å². The van der Waals surface area contributed by atoms with Crippen molar-refractivity contribution in [3.05, 3.63) is 12.7 Å². The van der Waals surface area contributed by atoms with Crippen LogP contribution in [-0.4, -0.2) is 43.4 Å². The van der Waals surface area contributed by atoms with E-state index < -0.39 is 40.6 Å². The van der Waals surface area contributed by atoms with Crippen molar-refractivity contribution < 1.29 is 53.2 Å². The van der Waals surface area contributed by atoms with Gasteiger partial charge in [-0.1, -0.05) is 6.08 Å². The number of ether oxygens (including phenoxy) is 2. The lowest BCUT2D eigenvalue weighted by Crippen LogP contribution is -2.52. The van der Waals surface area contributed by atoms with Gasteiger partial charge in [-0.2, -0.15) is 34.8 Å². The molecule has 0 aromatic rings. The maximum atomic E-state index is 12.7. The Bertz CT molecular complexity index is 448. The molecule has 0 spiro atoms. The molecule has 0 fully saturated rings. The molecule has 0 amide bonds. The van der Waals surface area contributed by atoms with E-state index in [1.54, 1.807) is 0 Å². The standard InChI is InChI=1S/C7H7F7O5S/c1-2-3-18-5(9,10)4(8)19-6(11,12)7(13,14)20(15,16)17/h2,4H,1,3H2,(H,15,16,17). The second kappa shape index (κ2) is 5.83. The molecule has 0 aliphatic heterocycles. The summed E-state index contributed by atoms with van der Waals surface area (Å²) >= 11 is 0. The van der Waals surface area contributed by atoms with Crippen LogP contribution in [0.2, 0.25) is 0 Å². The molecule has 0 aromatic heterocycles. The highest BCUT2D eigenvalue weighted by molar-refractivity contribution is 7.86. The van der Waals surface area contributed by atoms with E-state index in [9.17, 15) is 39.2 Å². The van der Waals surface area contributed by atoms with Crippen molar-refractivity contribution >= 4 is 10.1 Å². The largest absolute Gasteiger partial charge is 0.460 e. The molecule has 1 atom stereocenters. The van der Waals surface area contributed by atoms with E-state index in [2.05, 4.69) is 16.1 Å². The third-order valence-corrected chi connectivity index (χ3v) is 2.46. The Kier molecular flexibility index (Phi) is 5.56. The summed E-state index contributed by atoms with van der Waals surface area (Å²) in [6.07, 6.45) is -15.1. The summed E-state index contributed by atoms with van der Waals surface area (Å²) in [6.45, 7) is 1.82. The first kappa shape index (κ1) is 19.1. The van der Waals surface area contributed by atoms with Crippen LogP contribution in [0.4, 0.5) is 30.7 Å². The monoisotopic (exact) mass is 336 g/mol. The number of halogens is 7. The zero-order chi connectivity index (χ0) is 16.4. The Morgan fingerprint density at radius 2 is 1.65 bits per heavy atom. The molecule has 0 aliphatic rings. The van der Waals surface area contributed by atoms with Gasteiger partial charge in [0.15, 0.2) is 0 Å². The maximum absolute atomic E-state index is 12.7. The second-order valence-corrected chi connectivity index (χ2v) is 4.57. The Hall–Kier alpha value is -0.920. The van der Waals surface area contributed by atoms with Crippen LogP contribution in [0.5, 0.6) is 0 Å². The van der Waals surface area contributed by atoms with Gasteiger partial charge in [-0.3, -0.25) is 9.29 Å². The van der Waals surface area contributed by atoms with Crippen LogP contribution in [-0.2, 0) is 19.6 Å². The summed E-state index contributed by atoms with van der Waals surface area (Å²) in [5, 5.41) is -6.35. The van der Waals surface area contributed by atoms with Crippen LogP contribution in [0.25, 0.3) is 0 Å². The van der Waals surface area contributed by atoms with Gasteiger partial charge in [0.05, 0.1) is 6.61 Å². The van der Waals surface area contributed by atoms with Crippen LogP contribution in [0.15, 0.2) is 12.7 Å². The van der Waals surface area contributed by atoms with Gasteiger partial charge >= 0.3 is 27.6 Å². The molecule has 1 unspecified atom stereocenters. The molecule has 1 N–H and O–H groups in total. The van der Waals surface area contributed by atoms with Crippen LogP contribution in [0, 0.1) is 0 Å². The first-order chi connectivity index (χ1) is 8.69. The van der Waals surface area contributed by atoms with Gasteiger partial charge in [0.1, 0.15) is 0 Å². The fourth-order valence-corrected chi connectivity index (χ4v) is 1.00. The van der Waals surface area contributed by atoms with E-state index in [4.69, 9.17) is 4.55 Å². The SMILES string of the molecule is C=CCOC(F)(F)C(F)OC(F)(F)C(F)(F)S(=O)(=O)O. The first-order valence-corrected chi connectivity index (χ1v) is 5.80. The summed E-state index contributed by atoms with van der Waals surface area (Å²) in [7, 11) is -6.74. The number of alkyl halides is 7. The van der Waals surface area contributed by atoms with Crippen molar-refractivity contribution in [2.24, 2.45) is 0 Å². The average molecular weight is 336 g/mol. The molecule has 13 heteroatoms. The molecular weight excluding hydrogens is 329 g/mol. The zero-order valence-electron chi connectivity index (χ0n) is 9.20. The topological polar surface area (TPSA) is 72.8 Å². The zero-order valence-corrected chi connectivity index (χ0v) is 10.0. The van der Waals surface area contributed by atoms with Crippen molar-refractivity contribution in [1.82, 2.24) is 0 Å². The minimum Gasteiger partial charge on any atom is -0.312 e. The van der Waals surface area contributed by atoms with Gasteiger partial charge in [-0.15, -0.1) is 6.58 Å². The molecular formula is C7H7F7O5S.